The molecule has 0 aliphatic carbocycles. The molecule has 4 aromatic rings. The van der Waals surface area contributed by atoms with Crippen molar-refractivity contribution in [2.45, 2.75) is 20.5 Å². The molecule has 0 aromatic heterocycles. The number of hydrogen-bond acceptors (Lipinski definition) is 2. The van der Waals surface area contributed by atoms with E-state index in [4.69, 9.17) is 9.73 Å². The molecule has 0 unspecified atom stereocenters. The van der Waals surface area contributed by atoms with Crippen LogP contribution in [-0.4, -0.2) is 6.21 Å². The highest BCUT2D eigenvalue weighted by Crippen LogP contribution is 2.24. The number of ether oxygens (including phenoxy) is 1. The maximum absolute atomic E-state index is 6.18. The maximum atomic E-state index is 6.18. The fourth-order valence-corrected chi connectivity index (χ4v) is 3.31. The molecule has 0 heterocycles. The number of aryl methyl sites for hydroxylation is 1. The van der Waals surface area contributed by atoms with E-state index in [-0.39, 0.29) is 0 Å². The molecule has 28 heavy (non-hydrogen) atoms. The fraction of sp³-hybridized carbons (Fsp3) is 0.115. The molecule has 0 bridgehead atoms. The second-order valence-corrected chi connectivity index (χ2v) is 6.94. The summed E-state index contributed by atoms with van der Waals surface area (Å²) in [5.41, 5.74) is 5.59. The van der Waals surface area contributed by atoms with Crippen molar-refractivity contribution in [1.29, 1.82) is 0 Å². The van der Waals surface area contributed by atoms with E-state index < -0.39 is 0 Å². The SMILES string of the molecule is Cc1cccc(N=Cc2ccccc2OCc2cccc3ccccc23)c1C. The van der Waals surface area contributed by atoms with Gasteiger partial charge in [-0.2, -0.15) is 0 Å². The fourth-order valence-electron chi connectivity index (χ4n) is 3.31. The predicted molar refractivity (Wildman–Crippen MR) is 118 cm³/mol. The number of nitrogens with zero attached hydrogens (tertiary/aromatic N) is 1. The smallest absolute Gasteiger partial charge is 0.128 e. The molecule has 4 rings (SSSR count). The Kier molecular flexibility index (Phi) is 5.20. The number of rotatable bonds is 5. The van der Waals surface area contributed by atoms with E-state index in [1.165, 1.54) is 27.5 Å². The lowest BCUT2D eigenvalue weighted by atomic mass is 10.1. The van der Waals surface area contributed by atoms with E-state index in [1.54, 1.807) is 0 Å². The first-order valence-corrected chi connectivity index (χ1v) is 9.51. The molecule has 0 aliphatic rings. The molecule has 0 N–H and O–H groups in total. The monoisotopic (exact) mass is 365 g/mol. The average Bonchev–Trinajstić information content (AvgIpc) is 2.74. The Labute approximate surface area is 166 Å². The van der Waals surface area contributed by atoms with Crippen LogP contribution in [0.5, 0.6) is 5.75 Å². The second kappa shape index (κ2) is 8.10. The van der Waals surface area contributed by atoms with Crippen LogP contribution in [0.3, 0.4) is 0 Å². The summed E-state index contributed by atoms with van der Waals surface area (Å²) in [5, 5.41) is 2.46. The van der Waals surface area contributed by atoms with Crippen LogP contribution in [0.2, 0.25) is 0 Å². The van der Waals surface area contributed by atoms with E-state index in [1.807, 2.05) is 42.6 Å². The third kappa shape index (κ3) is 3.81. The minimum Gasteiger partial charge on any atom is -0.488 e. The van der Waals surface area contributed by atoms with Crippen molar-refractivity contribution in [2.75, 3.05) is 0 Å². The van der Waals surface area contributed by atoms with Crippen LogP contribution in [0, 0.1) is 13.8 Å². The number of hydrogen-bond donors (Lipinski definition) is 0. The first-order chi connectivity index (χ1) is 13.7. The average molecular weight is 365 g/mol. The van der Waals surface area contributed by atoms with Crippen molar-refractivity contribution in [2.24, 2.45) is 4.99 Å². The van der Waals surface area contributed by atoms with Crippen LogP contribution in [0.25, 0.3) is 10.8 Å². The third-order valence-electron chi connectivity index (χ3n) is 5.10. The van der Waals surface area contributed by atoms with E-state index in [9.17, 15) is 0 Å². The van der Waals surface area contributed by atoms with E-state index in [2.05, 4.69) is 62.4 Å². The van der Waals surface area contributed by atoms with Crippen molar-refractivity contribution < 1.29 is 4.74 Å². The standard InChI is InChI=1S/C26H23NO/c1-19-9-7-15-25(20(19)2)27-17-22-11-4-6-16-26(22)28-18-23-13-8-12-21-10-3-5-14-24(21)23/h3-17H,18H2,1-2H3. The van der Waals surface area contributed by atoms with Gasteiger partial charge in [-0.3, -0.25) is 4.99 Å². The number of aliphatic imine (C=N–C) groups is 1. The van der Waals surface area contributed by atoms with Crippen LogP contribution < -0.4 is 4.74 Å². The van der Waals surface area contributed by atoms with Crippen LogP contribution in [0.15, 0.2) is 89.9 Å². The normalized spacial score (nSPS) is 11.2. The summed E-state index contributed by atoms with van der Waals surface area (Å²) in [7, 11) is 0. The van der Waals surface area contributed by atoms with Crippen LogP contribution in [0.4, 0.5) is 5.69 Å². The molecular formula is C26H23NO. The molecule has 138 valence electrons. The van der Waals surface area contributed by atoms with Gasteiger partial charge in [0.1, 0.15) is 12.4 Å². The molecule has 4 aromatic carbocycles. The van der Waals surface area contributed by atoms with E-state index in [0.717, 1.165) is 17.0 Å². The summed E-state index contributed by atoms with van der Waals surface area (Å²) in [6, 6.07) is 28.9. The van der Waals surface area contributed by atoms with E-state index >= 15 is 0 Å². The highest BCUT2D eigenvalue weighted by molar-refractivity contribution is 5.86. The third-order valence-corrected chi connectivity index (χ3v) is 5.10. The summed E-state index contributed by atoms with van der Waals surface area (Å²) in [4.78, 5) is 4.70. The van der Waals surface area contributed by atoms with Crippen molar-refractivity contribution in [3.63, 3.8) is 0 Å². The molecule has 0 aliphatic heterocycles. The Bertz CT molecular complexity index is 1140. The summed E-state index contributed by atoms with van der Waals surface area (Å²) >= 11 is 0. The molecule has 2 heteroatoms. The largest absolute Gasteiger partial charge is 0.488 e. The number of benzene rings is 4. The van der Waals surface area contributed by atoms with Crippen LogP contribution in [-0.2, 0) is 6.61 Å². The lowest BCUT2D eigenvalue weighted by molar-refractivity contribution is 0.307. The topological polar surface area (TPSA) is 21.6 Å². The Morgan fingerprint density at radius 1 is 0.786 bits per heavy atom. The molecular weight excluding hydrogens is 342 g/mol. The van der Waals surface area contributed by atoms with Gasteiger partial charge >= 0.3 is 0 Å². The Morgan fingerprint density at radius 2 is 1.54 bits per heavy atom. The van der Waals surface area contributed by atoms with Gasteiger partial charge in [0.05, 0.1) is 5.69 Å². The van der Waals surface area contributed by atoms with Gasteiger partial charge in [0, 0.05) is 11.8 Å². The summed E-state index contributed by atoms with van der Waals surface area (Å²) in [6.45, 7) is 4.73. The van der Waals surface area contributed by atoms with E-state index in [0.29, 0.717) is 6.61 Å². The van der Waals surface area contributed by atoms with Gasteiger partial charge in [-0.25, -0.2) is 0 Å². The zero-order valence-corrected chi connectivity index (χ0v) is 16.2. The van der Waals surface area contributed by atoms with Crippen molar-refractivity contribution in [3.8, 4) is 5.75 Å². The van der Waals surface area contributed by atoms with Gasteiger partial charge in [0.25, 0.3) is 0 Å². The van der Waals surface area contributed by atoms with Gasteiger partial charge in [0.15, 0.2) is 0 Å². The highest BCUT2D eigenvalue weighted by atomic mass is 16.5. The highest BCUT2D eigenvalue weighted by Gasteiger charge is 2.05. The molecule has 0 saturated heterocycles. The minimum absolute atomic E-state index is 0.523. The maximum Gasteiger partial charge on any atom is 0.128 e. The summed E-state index contributed by atoms with van der Waals surface area (Å²) in [6.07, 6.45) is 1.89. The van der Waals surface area contributed by atoms with Crippen LogP contribution in [0.1, 0.15) is 22.3 Å². The first kappa shape index (κ1) is 18.0. The first-order valence-electron chi connectivity index (χ1n) is 9.51. The summed E-state index contributed by atoms with van der Waals surface area (Å²) < 4.78 is 6.18. The van der Waals surface area contributed by atoms with Gasteiger partial charge in [0.2, 0.25) is 0 Å². The van der Waals surface area contributed by atoms with Crippen molar-refractivity contribution >= 4 is 22.7 Å². The van der Waals surface area contributed by atoms with Gasteiger partial charge in [-0.05, 0) is 59.5 Å². The van der Waals surface area contributed by atoms with Crippen LogP contribution >= 0.6 is 0 Å². The molecule has 0 spiro atoms. The van der Waals surface area contributed by atoms with Crippen molar-refractivity contribution in [3.05, 3.63) is 107 Å². The van der Waals surface area contributed by atoms with Gasteiger partial charge < -0.3 is 4.74 Å². The lowest BCUT2D eigenvalue weighted by Gasteiger charge is -2.11. The number of fused-ring (bicyclic) bond motifs is 1. The quantitative estimate of drug-likeness (QED) is 0.357. The van der Waals surface area contributed by atoms with Gasteiger partial charge in [-0.15, -0.1) is 0 Å². The zero-order chi connectivity index (χ0) is 19.3. The number of para-hydroxylation sites is 1. The Balaban J connectivity index is 1.58. The predicted octanol–water partition coefficient (Wildman–Crippen LogP) is 6.79. The summed E-state index contributed by atoms with van der Waals surface area (Å²) in [5.74, 6) is 0.837. The van der Waals surface area contributed by atoms with Crippen molar-refractivity contribution in [1.82, 2.24) is 0 Å². The lowest BCUT2D eigenvalue weighted by Crippen LogP contribution is -1.99. The molecule has 0 atom stereocenters. The second-order valence-electron chi connectivity index (χ2n) is 6.94. The zero-order valence-electron chi connectivity index (χ0n) is 16.2. The molecule has 0 fully saturated rings. The molecule has 2 nitrogen and oxygen atoms in total. The molecule has 0 saturated carbocycles. The molecule has 0 amide bonds. The Hall–Kier alpha value is -3.39. The Morgan fingerprint density at radius 3 is 2.46 bits per heavy atom. The van der Waals surface area contributed by atoms with Gasteiger partial charge in [-0.1, -0.05) is 66.7 Å². The minimum atomic E-state index is 0.523. The molecule has 0 radical (unpaired) electrons.